The van der Waals surface area contributed by atoms with Crippen molar-refractivity contribution < 1.29 is 23.1 Å². The summed E-state index contributed by atoms with van der Waals surface area (Å²) in [5.74, 6) is -1.06. The van der Waals surface area contributed by atoms with Gasteiger partial charge in [0.2, 0.25) is 0 Å². The highest BCUT2D eigenvalue weighted by Gasteiger charge is 2.27. The van der Waals surface area contributed by atoms with Crippen molar-refractivity contribution in [2.24, 2.45) is 0 Å². The third-order valence-corrected chi connectivity index (χ3v) is 1.80. The van der Waals surface area contributed by atoms with Gasteiger partial charge in [-0.3, -0.25) is 4.79 Å². The topological polar surface area (TPSA) is 49.3 Å². The number of alkyl halides is 3. The van der Waals surface area contributed by atoms with Crippen LogP contribution in [0.2, 0.25) is 0 Å². The van der Waals surface area contributed by atoms with E-state index in [0.29, 0.717) is 0 Å². The molecule has 0 fully saturated rings. The summed E-state index contributed by atoms with van der Waals surface area (Å²) in [7, 11) is 0. The molecule has 3 nitrogen and oxygen atoms in total. The maximum atomic E-state index is 11.5. The van der Waals surface area contributed by atoms with Crippen LogP contribution in [0.1, 0.15) is 6.42 Å². The van der Waals surface area contributed by atoms with E-state index in [1.54, 1.807) is 0 Å². The standard InChI is InChI=1S/C6H10F3NO2S/c7-6(8,9)13-4-3-10-2-1-5(11)12/h10H,1-4H2,(H,11,12). The summed E-state index contributed by atoms with van der Waals surface area (Å²) in [6.45, 7) is 0.366. The number of hydrogen-bond acceptors (Lipinski definition) is 3. The highest BCUT2D eigenvalue weighted by molar-refractivity contribution is 8.00. The minimum Gasteiger partial charge on any atom is -0.481 e. The van der Waals surface area contributed by atoms with Crippen molar-refractivity contribution in [3.63, 3.8) is 0 Å². The Balaban J connectivity index is 3.13. The normalized spacial score (nSPS) is 11.6. The fourth-order valence-electron chi connectivity index (χ4n) is 0.559. The number of carbonyl (C=O) groups is 1. The lowest BCUT2D eigenvalue weighted by atomic mass is 10.4. The fourth-order valence-corrected chi connectivity index (χ4v) is 1.04. The highest BCUT2D eigenvalue weighted by atomic mass is 32.2. The van der Waals surface area contributed by atoms with E-state index in [9.17, 15) is 18.0 Å². The van der Waals surface area contributed by atoms with E-state index in [1.807, 2.05) is 0 Å². The van der Waals surface area contributed by atoms with E-state index in [1.165, 1.54) is 0 Å². The smallest absolute Gasteiger partial charge is 0.441 e. The predicted octanol–water partition coefficient (Wildman–Crippen LogP) is 1.30. The Morgan fingerprint density at radius 2 is 2.00 bits per heavy atom. The van der Waals surface area contributed by atoms with Crippen molar-refractivity contribution in [1.29, 1.82) is 0 Å². The molecule has 0 saturated carbocycles. The van der Waals surface area contributed by atoms with Crippen LogP contribution in [0.15, 0.2) is 0 Å². The maximum absolute atomic E-state index is 11.5. The van der Waals surface area contributed by atoms with Crippen LogP contribution in [0.25, 0.3) is 0 Å². The quantitative estimate of drug-likeness (QED) is 0.658. The third kappa shape index (κ3) is 11.6. The summed E-state index contributed by atoms with van der Waals surface area (Å²) in [5.41, 5.74) is -4.20. The van der Waals surface area contributed by atoms with Crippen molar-refractivity contribution in [3.8, 4) is 0 Å². The Morgan fingerprint density at radius 3 is 2.46 bits per heavy atom. The molecular weight excluding hydrogens is 207 g/mol. The summed E-state index contributed by atoms with van der Waals surface area (Å²) < 4.78 is 34.6. The lowest BCUT2D eigenvalue weighted by molar-refractivity contribution is -0.136. The monoisotopic (exact) mass is 217 g/mol. The Labute approximate surface area is 77.7 Å². The molecule has 0 saturated heterocycles. The Morgan fingerprint density at radius 1 is 1.38 bits per heavy atom. The lowest BCUT2D eigenvalue weighted by Crippen LogP contribution is -2.21. The van der Waals surface area contributed by atoms with Crippen molar-refractivity contribution in [1.82, 2.24) is 5.32 Å². The zero-order chi connectivity index (χ0) is 10.3. The van der Waals surface area contributed by atoms with Crippen LogP contribution in [0.5, 0.6) is 0 Å². The Kier molecular flexibility index (Phi) is 5.89. The van der Waals surface area contributed by atoms with Crippen molar-refractivity contribution in [2.75, 3.05) is 18.8 Å². The van der Waals surface area contributed by atoms with Gasteiger partial charge in [0.1, 0.15) is 0 Å². The van der Waals surface area contributed by atoms with Crippen LogP contribution in [0, 0.1) is 0 Å². The molecule has 0 aliphatic carbocycles. The zero-order valence-electron chi connectivity index (χ0n) is 6.73. The molecular formula is C6H10F3NO2S. The van der Waals surface area contributed by atoms with Crippen LogP contribution >= 0.6 is 11.8 Å². The van der Waals surface area contributed by atoms with Gasteiger partial charge in [-0.15, -0.1) is 0 Å². The minimum absolute atomic E-state index is 0.0727. The van der Waals surface area contributed by atoms with Gasteiger partial charge in [0.05, 0.1) is 6.42 Å². The molecule has 7 heteroatoms. The van der Waals surface area contributed by atoms with Crippen LogP contribution in [-0.2, 0) is 4.79 Å². The van der Waals surface area contributed by atoms with Gasteiger partial charge < -0.3 is 10.4 Å². The molecule has 0 aliphatic heterocycles. The van der Waals surface area contributed by atoms with Gasteiger partial charge in [0.15, 0.2) is 0 Å². The lowest BCUT2D eigenvalue weighted by Gasteiger charge is -2.05. The van der Waals surface area contributed by atoms with Crippen molar-refractivity contribution in [3.05, 3.63) is 0 Å². The number of carboxylic acids is 1. The molecule has 2 N–H and O–H groups in total. The Bertz CT molecular complexity index is 162. The number of rotatable bonds is 6. The minimum atomic E-state index is -4.20. The number of halogens is 3. The molecule has 78 valence electrons. The van der Waals surface area contributed by atoms with Crippen molar-refractivity contribution >= 4 is 17.7 Å². The first-order chi connectivity index (χ1) is 5.92. The Hall–Kier alpha value is -0.430. The summed E-state index contributed by atoms with van der Waals surface area (Å²) in [4.78, 5) is 9.97. The first kappa shape index (κ1) is 12.6. The molecule has 0 aromatic rings. The van der Waals surface area contributed by atoms with E-state index < -0.39 is 11.5 Å². The van der Waals surface area contributed by atoms with Gasteiger partial charge in [-0.25, -0.2) is 0 Å². The molecule has 0 radical (unpaired) electrons. The van der Waals surface area contributed by atoms with Gasteiger partial charge in [0, 0.05) is 18.8 Å². The van der Waals surface area contributed by atoms with Crippen LogP contribution in [0.3, 0.4) is 0 Å². The van der Waals surface area contributed by atoms with Crippen molar-refractivity contribution in [2.45, 2.75) is 11.9 Å². The van der Waals surface area contributed by atoms with Crippen LogP contribution in [-0.4, -0.2) is 35.4 Å². The van der Waals surface area contributed by atoms with E-state index >= 15 is 0 Å². The first-order valence-corrected chi connectivity index (χ1v) is 4.53. The SMILES string of the molecule is O=C(O)CCNCCSC(F)(F)F. The predicted molar refractivity (Wildman–Crippen MR) is 43.6 cm³/mol. The average Bonchev–Trinajstić information content (AvgIpc) is 1.93. The van der Waals surface area contributed by atoms with Gasteiger partial charge >= 0.3 is 11.5 Å². The van der Waals surface area contributed by atoms with E-state index in [2.05, 4.69) is 5.32 Å². The van der Waals surface area contributed by atoms with Gasteiger partial charge in [-0.05, 0) is 11.8 Å². The highest BCUT2D eigenvalue weighted by Crippen LogP contribution is 2.29. The average molecular weight is 217 g/mol. The van der Waals surface area contributed by atoms with E-state index in [-0.39, 0.29) is 37.0 Å². The van der Waals surface area contributed by atoms with E-state index in [4.69, 9.17) is 5.11 Å². The number of hydrogen-bond donors (Lipinski definition) is 2. The molecule has 0 heterocycles. The molecule has 0 spiro atoms. The number of thioether (sulfide) groups is 1. The molecule has 0 aromatic carbocycles. The maximum Gasteiger partial charge on any atom is 0.441 e. The van der Waals surface area contributed by atoms with Gasteiger partial charge in [0.25, 0.3) is 0 Å². The molecule has 0 rings (SSSR count). The molecule has 0 aromatic heterocycles. The molecule has 13 heavy (non-hydrogen) atoms. The molecule has 0 aliphatic rings. The summed E-state index contributed by atoms with van der Waals surface area (Å²) in [6, 6.07) is 0. The number of nitrogens with one attached hydrogen (secondary N) is 1. The second-order valence-electron chi connectivity index (χ2n) is 2.19. The van der Waals surface area contributed by atoms with Crippen LogP contribution in [0.4, 0.5) is 13.2 Å². The fraction of sp³-hybridized carbons (Fsp3) is 0.833. The molecule has 0 unspecified atom stereocenters. The largest absolute Gasteiger partial charge is 0.481 e. The van der Waals surface area contributed by atoms with E-state index in [0.717, 1.165) is 0 Å². The van der Waals surface area contributed by atoms with Gasteiger partial charge in [-0.1, -0.05) is 0 Å². The van der Waals surface area contributed by atoms with Gasteiger partial charge in [-0.2, -0.15) is 13.2 Å². The van der Waals surface area contributed by atoms with Crippen LogP contribution < -0.4 is 5.32 Å². The third-order valence-electron chi connectivity index (χ3n) is 1.06. The molecule has 0 amide bonds. The number of carboxylic acid groups (broad SMARTS) is 1. The first-order valence-electron chi connectivity index (χ1n) is 3.55. The summed E-state index contributed by atoms with van der Waals surface area (Å²) >= 11 is -0.118. The summed E-state index contributed by atoms with van der Waals surface area (Å²) in [5, 5.41) is 10.8. The molecule has 0 bridgehead atoms. The zero-order valence-corrected chi connectivity index (χ0v) is 7.54. The second kappa shape index (κ2) is 6.09. The molecule has 0 atom stereocenters. The summed E-state index contributed by atoms with van der Waals surface area (Å²) in [6.07, 6.45) is -0.0727. The number of aliphatic carboxylic acids is 1. The second-order valence-corrected chi connectivity index (χ2v) is 3.35.